The van der Waals surface area contributed by atoms with E-state index in [-0.39, 0.29) is 6.04 Å². The van der Waals surface area contributed by atoms with Crippen LogP contribution in [0.5, 0.6) is 5.75 Å². The molecule has 0 spiro atoms. The van der Waals surface area contributed by atoms with Crippen molar-refractivity contribution >= 4 is 10.0 Å². The van der Waals surface area contributed by atoms with E-state index in [4.69, 9.17) is 10.5 Å². The van der Waals surface area contributed by atoms with Crippen LogP contribution in [0.3, 0.4) is 0 Å². The van der Waals surface area contributed by atoms with Crippen LogP contribution in [0.4, 0.5) is 0 Å². The highest BCUT2D eigenvalue weighted by atomic mass is 32.2. The Hall–Kier alpha value is -1.11. The van der Waals surface area contributed by atoms with Crippen molar-refractivity contribution in [3.8, 4) is 5.75 Å². The quantitative estimate of drug-likeness (QED) is 0.905. The maximum absolute atomic E-state index is 12.8. The molecule has 2 aliphatic heterocycles. The second-order valence-electron chi connectivity index (χ2n) is 5.90. The number of hydrogen-bond acceptors (Lipinski definition) is 4. The summed E-state index contributed by atoms with van der Waals surface area (Å²) in [4.78, 5) is 0.390. The van der Waals surface area contributed by atoms with Crippen LogP contribution in [-0.4, -0.2) is 32.4 Å². The molecule has 21 heavy (non-hydrogen) atoms. The first-order valence-electron chi connectivity index (χ1n) is 7.45. The number of sulfonamides is 1. The van der Waals surface area contributed by atoms with Gasteiger partial charge in [-0.25, -0.2) is 8.42 Å². The van der Waals surface area contributed by atoms with E-state index in [2.05, 4.69) is 0 Å². The maximum atomic E-state index is 12.8. The Kier molecular flexibility index (Phi) is 3.71. The normalized spacial score (nSPS) is 22.9. The van der Waals surface area contributed by atoms with Gasteiger partial charge in [0.15, 0.2) is 0 Å². The molecule has 1 aromatic carbocycles. The number of fused-ring (bicyclic) bond motifs is 1. The predicted octanol–water partition coefficient (Wildman–Crippen LogP) is 1.87. The lowest BCUT2D eigenvalue weighted by Crippen LogP contribution is -2.29. The minimum absolute atomic E-state index is 0.152. The zero-order valence-electron chi connectivity index (χ0n) is 12.6. The lowest BCUT2D eigenvalue weighted by Gasteiger charge is -2.27. The Morgan fingerprint density at radius 1 is 1.24 bits per heavy atom. The van der Waals surface area contributed by atoms with Gasteiger partial charge in [0, 0.05) is 31.1 Å². The molecule has 0 bridgehead atoms. The Morgan fingerprint density at radius 2 is 1.90 bits per heavy atom. The van der Waals surface area contributed by atoms with E-state index in [0.29, 0.717) is 24.6 Å². The van der Waals surface area contributed by atoms with Crippen molar-refractivity contribution < 1.29 is 13.2 Å². The molecule has 1 atom stereocenters. The van der Waals surface area contributed by atoms with Crippen LogP contribution in [0, 0.1) is 13.8 Å². The van der Waals surface area contributed by atoms with Gasteiger partial charge in [-0.15, -0.1) is 0 Å². The van der Waals surface area contributed by atoms with Gasteiger partial charge in [0.1, 0.15) is 5.75 Å². The summed E-state index contributed by atoms with van der Waals surface area (Å²) >= 11 is 0. The number of nitrogens with two attached hydrogens (primary N) is 1. The zero-order valence-corrected chi connectivity index (χ0v) is 13.4. The molecular formula is C15H22N2O3S. The third kappa shape index (κ3) is 2.35. The Balaban J connectivity index is 2.15. The van der Waals surface area contributed by atoms with Gasteiger partial charge in [-0.1, -0.05) is 0 Å². The van der Waals surface area contributed by atoms with Crippen LogP contribution < -0.4 is 10.5 Å². The Morgan fingerprint density at radius 3 is 2.57 bits per heavy atom. The molecule has 5 nitrogen and oxygen atoms in total. The van der Waals surface area contributed by atoms with Crippen molar-refractivity contribution in [1.82, 2.24) is 4.31 Å². The van der Waals surface area contributed by atoms with E-state index in [1.54, 1.807) is 10.4 Å². The Bertz CT molecular complexity index is 664. The summed E-state index contributed by atoms with van der Waals surface area (Å²) in [6.45, 7) is 5.57. The topological polar surface area (TPSA) is 72.6 Å². The van der Waals surface area contributed by atoms with Gasteiger partial charge < -0.3 is 10.5 Å². The minimum atomic E-state index is -3.43. The van der Waals surface area contributed by atoms with Crippen molar-refractivity contribution in [2.75, 3.05) is 19.7 Å². The lowest BCUT2D eigenvalue weighted by molar-refractivity contribution is 0.266. The molecule has 0 radical (unpaired) electrons. The summed E-state index contributed by atoms with van der Waals surface area (Å²) in [7, 11) is -3.43. The van der Waals surface area contributed by atoms with Gasteiger partial charge >= 0.3 is 0 Å². The number of nitrogens with zero attached hydrogens (tertiary/aromatic N) is 1. The summed E-state index contributed by atoms with van der Waals surface area (Å²) in [5.41, 5.74) is 8.63. The first kappa shape index (κ1) is 14.8. The van der Waals surface area contributed by atoms with Gasteiger partial charge in [0.2, 0.25) is 10.0 Å². The molecule has 1 aromatic rings. The number of benzene rings is 1. The third-order valence-corrected chi connectivity index (χ3v) is 6.60. The van der Waals surface area contributed by atoms with E-state index in [1.165, 1.54) is 0 Å². The lowest BCUT2D eigenvalue weighted by atomic mass is 9.96. The second kappa shape index (κ2) is 5.26. The van der Waals surface area contributed by atoms with Crippen LogP contribution in [0.1, 0.15) is 42.0 Å². The summed E-state index contributed by atoms with van der Waals surface area (Å²) in [5.74, 6) is 0.770. The molecule has 0 amide bonds. The molecule has 0 saturated carbocycles. The number of ether oxygens (including phenoxy) is 1. The molecule has 1 fully saturated rings. The monoisotopic (exact) mass is 310 g/mol. The molecule has 2 N–H and O–H groups in total. The van der Waals surface area contributed by atoms with Crippen molar-refractivity contribution in [1.29, 1.82) is 0 Å². The highest BCUT2D eigenvalue weighted by Crippen LogP contribution is 2.39. The van der Waals surface area contributed by atoms with Crippen molar-refractivity contribution in [2.24, 2.45) is 5.73 Å². The fraction of sp³-hybridized carbons (Fsp3) is 0.600. The summed E-state index contributed by atoms with van der Waals surface area (Å²) < 4.78 is 33.0. The number of rotatable bonds is 2. The Labute approximate surface area is 126 Å². The van der Waals surface area contributed by atoms with Gasteiger partial charge in [-0.05, 0) is 43.9 Å². The van der Waals surface area contributed by atoms with E-state index in [1.807, 2.05) is 13.8 Å². The van der Waals surface area contributed by atoms with Crippen molar-refractivity contribution in [2.45, 2.75) is 44.0 Å². The standard InChI is InChI=1S/C15H22N2O3S/c1-10-11(2)15-12(13(16)5-8-20-15)9-14(10)21(18,19)17-6-3-4-7-17/h9,13H,3-8,16H2,1-2H3. The first-order valence-corrected chi connectivity index (χ1v) is 8.89. The fourth-order valence-corrected chi connectivity index (χ4v) is 4.97. The molecule has 1 unspecified atom stereocenters. The molecule has 2 aliphatic rings. The number of hydrogen-bond donors (Lipinski definition) is 1. The van der Waals surface area contributed by atoms with Crippen LogP contribution in [-0.2, 0) is 10.0 Å². The smallest absolute Gasteiger partial charge is 0.243 e. The minimum Gasteiger partial charge on any atom is -0.493 e. The molecule has 0 aromatic heterocycles. The largest absolute Gasteiger partial charge is 0.493 e. The van der Waals surface area contributed by atoms with Gasteiger partial charge in [-0.3, -0.25) is 0 Å². The molecular weight excluding hydrogens is 288 g/mol. The molecule has 3 rings (SSSR count). The third-order valence-electron chi connectivity index (χ3n) is 4.58. The van der Waals surface area contributed by atoms with Crippen LogP contribution >= 0.6 is 0 Å². The highest BCUT2D eigenvalue weighted by molar-refractivity contribution is 7.89. The van der Waals surface area contributed by atoms with Crippen molar-refractivity contribution in [3.63, 3.8) is 0 Å². The molecule has 116 valence electrons. The van der Waals surface area contributed by atoms with E-state index >= 15 is 0 Å². The molecule has 6 heteroatoms. The summed E-state index contributed by atoms with van der Waals surface area (Å²) in [6.07, 6.45) is 2.59. The van der Waals surface area contributed by atoms with Gasteiger partial charge in [-0.2, -0.15) is 4.31 Å². The first-order chi connectivity index (χ1) is 9.93. The van der Waals surface area contributed by atoms with Gasteiger partial charge in [0.25, 0.3) is 0 Å². The van der Waals surface area contributed by atoms with Gasteiger partial charge in [0.05, 0.1) is 11.5 Å². The van der Waals surface area contributed by atoms with Crippen LogP contribution in [0.2, 0.25) is 0 Å². The fourth-order valence-electron chi connectivity index (χ4n) is 3.13. The van der Waals surface area contributed by atoms with Crippen molar-refractivity contribution in [3.05, 3.63) is 22.8 Å². The summed E-state index contributed by atoms with van der Waals surface area (Å²) in [6, 6.07) is 1.58. The summed E-state index contributed by atoms with van der Waals surface area (Å²) in [5, 5.41) is 0. The second-order valence-corrected chi connectivity index (χ2v) is 7.80. The molecule has 0 aliphatic carbocycles. The predicted molar refractivity (Wildman–Crippen MR) is 80.9 cm³/mol. The SMILES string of the molecule is Cc1c(S(=O)(=O)N2CCCC2)cc2c(c1C)OCCC2N. The maximum Gasteiger partial charge on any atom is 0.243 e. The highest BCUT2D eigenvalue weighted by Gasteiger charge is 2.32. The average molecular weight is 310 g/mol. The van der Waals surface area contributed by atoms with Crippen LogP contribution in [0.15, 0.2) is 11.0 Å². The van der Waals surface area contributed by atoms with E-state index in [9.17, 15) is 8.42 Å². The molecule has 1 saturated heterocycles. The zero-order chi connectivity index (χ0) is 15.2. The molecule has 2 heterocycles. The average Bonchev–Trinajstić information content (AvgIpc) is 2.98. The van der Waals surface area contributed by atoms with Crippen LogP contribution in [0.25, 0.3) is 0 Å². The van der Waals surface area contributed by atoms with E-state index < -0.39 is 10.0 Å². The van der Waals surface area contributed by atoms with E-state index in [0.717, 1.165) is 41.7 Å².